The topological polar surface area (TPSA) is 113 Å². The summed E-state index contributed by atoms with van der Waals surface area (Å²) in [6.07, 6.45) is -1.39. The fourth-order valence-corrected chi connectivity index (χ4v) is 3.42. The quantitative estimate of drug-likeness (QED) is 0.677. The van der Waals surface area contributed by atoms with Crippen LogP contribution in [0.25, 0.3) is 0 Å². The third-order valence-corrected chi connectivity index (χ3v) is 4.40. The van der Waals surface area contributed by atoms with Gasteiger partial charge in [-0.3, -0.25) is 4.79 Å². The van der Waals surface area contributed by atoms with Gasteiger partial charge in [-0.25, -0.2) is 8.42 Å². The summed E-state index contributed by atoms with van der Waals surface area (Å²) >= 11 is 3.13. The van der Waals surface area contributed by atoms with E-state index >= 15 is 0 Å². The van der Waals surface area contributed by atoms with Crippen molar-refractivity contribution < 1.29 is 28.2 Å². The van der Waals surface area contributed by atoms with Crippen LogP contribution in [0.4, 0.5) is 0 Å². The van der Waals surface area contributed by atoms with Crippen LogP contribution < -0.4 is 9.46 Å². The van der Waals surface area contributed by atoms with Gasteiger partial charge in [0.2, 0.25) is 10.0 Å². The number of rotatable bonds is 6. The van der Waals surface area contributed by atoms with Gasteiger partial charge in [-0.05, 0) is 25.1 Å². The Hall–Kier alpha value is -1.16. The number of aliphatic carboxylic acids is 1. The zero-order valence-corrected chi connectivity index (χ0v) is 13.1. The molecule has 1 aromatic carbocycles. The Labute approximate surface area is 124 Å². The monoisotopic (exact) mass is 367 g/mol. The number of ether oxygens (including phenoxy) is 1. The molecule has 20 heavy (non-hydrogen) atoms. The first-order valence-electron chi connectivity index (χ1n) is 5.45. The highest BCUT2D eigenvalue weighted by Gasteiger charge is 2.30. The molecule has 0 aliphatic carbocycles. The Kier molecular flexibility index (Phi) is 5.51. The van der Waals surface area contributed by atoms with Crippen molar-refractivity contribution in [3.05, 3.63) is 22.7 Å². The van der Waals surface area contributed by atoms with Gasteiger partial charge < -0.3 is 14.9 Å². The van der Waals surface area contributed by atoms with Crippen molar-refractivity contribution in [3.8, 4) is 5.75 Å². The number of carbonyl (C=O) groups is 1. The molecule has 9 heteroatoms. The maximum absolute atomic E-state index is 12.2. The van der Waals surface area contributed by atoms with E-state index in [1.807, 2.05) is 4.72 Å². The maximum Gasteiger partial charge on any atom is 0.324 e. The first-order valence-corrected chi connectivity index (χ1v) is 7.73. The molecule has 7 nitrogen and oxygen atoms in total. The second kappa shape index (κ2) is 6.53. The lowest BCUT2D eigenvalue weighted by Crippen LogP contribution is -2.47. The van der Waals surface area contributed by atoms with Gasteiger partial charge in [0.05, 0.1) is 13.2 Å². The number of aliphatic hydroxyl groups is 1. The third kappa shape index (κ3) is 3.92. The van der Waals surface area contributed by atoms with E-state index in [4.69, 9.17) is 9.84 Å². The fraction of sp³-hybridized carbons (Fsp3) is 0.364. The van der Waals surface area contributed by atoms with E-state index in [2.05, 4.69) is 15.9 Å². The number of nitrogens with one attached hydrogen (secondary N) is 1. The lowest BCUT2D eigenvalue weighted by molar-refractivity contribution is -0.141. The van der Waals surface area contributed by atoms with Gasteiger partial charge in [-0.2, -0.15) is 4.72 Å². The molecule has 0 fully saturated rings. The average molecular weight is 368 g/mol. The van der Waals surface area contributed by atoms with Gasteiger partial charge in [0, 0.05) is 4.47 Å². The van der Waals surface area contributed by atoms with Crippen LogP contribution in [0.5, 0.6) is 5.75 Å². The van der Waals surface area contributed by atoms with Gasteiger partial charge in [0.15, 0.2) is 0 Å². The van der Waals surface area contributed by atoms with Crippen molar-refractivity contribution in [2.24, 2.45) is 0 Å². The molecular weight excluding hydrogens is 354 g/mol. The highest BCUT2D eigenvalue weighted by atomic mass is 79.9. The van der Waals surface area contributed by atoms with Crippen LogP contribution in [-0.4, -0.2) is 43.9 Å². The average Bonchev–Trinajstić information content (AvgIpc) is 2.35. The van der Waals surface area contributed by atoms with Crippen molar-refractivity contribution >= 4 is 31.9 Å². The lowest BCUT2D eigenvalue weighted by Gasteiger charge is -2.18. The van der Waals surface area contributed by atoms with Crippen molar-refractivity contribution in [1.82, 2.24) is 4.72 Å². The van der Waals surface area contributed by atoms with Crippen molar-refractivity contribution in [3.63, 3.8) is 0 Å². The molecule has 1 aromatic rings. The maximum atomic E-state index is 12.2. The summed E-state index contributed by atoms with van der Waals surface area (Å²) in [4.78, 5) is 10.7. The van der Waals surface area contributed by atoms with Gasteiger partial charge in [-0.1, -0.05) is 15.9 Å². The number of methoxy groups -OCH3 is 1. The molecule has 2 atom stereocenters. The molecule has 0 saturated carbocycles. The number of carboxylic acids is 1. The van der Waals surface area contributed by atoms with Crippen LogP contribution in [0.2, 0.25) is 0 Å². The summed E-state index contributed by atoms with van der Waals surface area (Å²) < 4.78 is 31.8. The summed E-state index contributed by atoms with van der Waals surface area (Å²) in [6.45, 7) is 1.18. The Morgan fingerprint density at radius 2 is 2.05 bits per heavy atom. The van der Waals surface area contributed by atoms with Crippen LogP contribution >= 0.6 is 15.9 Å². The molecule has 3 N–H and O–H groups in total. The van der Waals surface area contributed by atoms with E-state index in [9.17, 15) is 18.3 Å². The van der Waals surface area contributed by atoms with Gasteiger partial charge >= 0.3 is 5.97 Å². The Morgan fingerprint density at radius 1 is 1.45 bits per heavy atom. The molecule has 0 saturated heterocycles. The normalized spacial score (nSPS) is 14.6. The van der Waals surface area contributed by atoms with E-state index < -0.39 is 28.1 Å². The SMILES string of the molecule is COc1ccc(Br)cc1S(=O)(=O)N[C@H](C(=O)O)[C@@H](C)O. The standard InChI is InChI=1S/C11H14BrNO6S/c1-6(14)10(11(15)16)13-20(17,18)9-5-7(12)3-4-8(9)19-2/h3-6,10,13-14H,1-2H3,(H,15,16)/t6-,10+/m1/s1. The van der Waals surface area contributed by atoms with Gasteiger partial charge in [-0.15, -0.1) is 0 Å². The van der Waals surface area contributed by atoms with Crippen LogP contribution in [0, 0.1) is 0 Å². The highest BCUT2D eigenvalue weighted by molar-refractivity contribution is 9.10. The molecular formula is C11H14BrNO6S. The molecule has 0 bridgehead atoms. The first-order chi connectivity index (χ1) is 9.19. The number of benzene rings is 1. The predicted octanol–water partition coefficient (Wildman–Crippen LogP) is 0.570. The number of hydrogen-bond donors (Lipinski definition) is 3. The summed E-state index contributed by atoms with van der Waals surface area (Å²) in [7, 11) is -2.86. The van der Waals surface area contributed by atoms with Crippen molar-refractivity contribution in [1.29, 1.82) is 0 Å². The first kappa shape index (κ1) is 16.9. The summed E-state index contributed by atoms with van der Waals surface area (Å²) in [5, 5.41) is 18.2. The second-order valence-corrected chi connectivity index (χ2v) is 6.57. The molecule has 0 heterocycles. The number of carboxylic acid groups (broad SMARTS) is 1. The van der Waals surface area contributed by atoms with Gasteiger partial charge in [0.25, 0.3) is 0 Å². The van der Waals surface area contributed by atoms with E-state index in [0.717, 1.165) is 0 Å². The minimum absolute atomic E-state index is 0.0652. The summed E-state index contributed by atoms with van der Waals surface area (Å²) in [6, 6.07) is 2.64. The Bertz CT molecular complexity index is 601. The molecule has 0 aliphatic heterocycles. The zero-order chi connectivity index (χ0) is 15.5. The Morgan fingerprint density at radius 3 is 2.50 bits per heavy atom. The third-order valence-electron chi connectivity index (χ3n) is 2.45. The fourth-order valence-electron chi connectivity index (χ4n) is 1.45. The van der Waals surface area contributed by atoms with Crippen LogP contribution in [-0.2, 0) is 14.8 Å². The largest absolute Gasteiger partial charge is 0.495 e. The number of aliphatic hydroxyl groups excluding tert-OH is 1. The molecule has 0 aromatic heterocycles. The van der Waals surface area contributed by atoms with Gasteiger partial charge in [0.1, 0.15) is 16.7 Å². The van der Waals surface area contributed by atoms with Crippen LogP contribution in [0.15, 0.2) is 27.6 Å². The van der Waals surface area contributed by atoms with Crippen LogP contribution in [0.1, 0.15) is 6.92 Å². The van der Waals surface area contributed by atoms with Crippen molar-refractivity contribution in [2.75, 3.05) is 7.11 Å². The smallest absolute Gasteiger partial charge is 0.324 e. The Balaban J connectivity index is 3.23. The van der Waals surface area contributed by atoms with E-state index in [1.54, 1.807) is 6.07 Å². The van der Waals surface area contributed by atoms with E-state index in [0.29, 0.717) is 4.47 Å². The minimum atomic E-state index is -4.16. The molecule has 0 amide bonds. The molecule has 0 aliphatic rings. The van der Waals surface area contributed by atoms with E-state index in [1.165, 1.54) is 26.2 Å². The van der Waals surface area contributed by atoms with Crippen LogP contribution in [0.3, 0.4) is 0 Å². The van der Waals surface area contributed by atoms with E-state index in [-0.39, 0.29) is 10.6 Å². The summed E-state index contributed by atoms with van der Waals surface area (Å²) in [5.41, 5.74) is 0. The number of hydrogen-bond acceptors (Lipinski definition) is 5. The highest BCUT2D eigenvalue weighted by Crippen LogP contribution is 2.27. The molecule has 1 rings (SSSR count). The molecule has 0 spiro atoms. The predicted molar refractivity (Wildman–Crippen MR) is 74.1 cm³/mol. The molecule has 0 radical (unpaired) electrons. The number of halogens is 1. The minimum Gasteiger partial charge on any atom is -0.495 e. The summed E-state index contributed by atoms with van der Waals surface area (Å²) in [5.74, 6) is -1.41. The zero-order valence-electron chi connectivity index (χ0n) is 10.7. The number of sulfonamides is 1. The molecule has 112 valence electrons. The second-order valence-electron chi connectivity index (χ2n) is 3.97. The lowest BCUT2D eigenvalue weighted by atomic mass is 10.2. The van der Waals surface area contributed by atoms with Crippen molar-refractivity contribution in [2.45, 2.75) is 24.0 Å². The molecule has 0 unspecified atom stereocenters.